The van der Waals surface area contributed by atoms with Gasteiger partial charge in [-0.3, -0.25) is 4.79 Å². The Kier molecular flexibility index (Phi) is 4.43. The van der Waals surface area contributed by atoms with Crippen LogP contribution in [0.3, 0.4) is 0 Å². The molecule has 0 radical (unpaired) electrons. The Morgan fingerprint density at radius 2 is 1.76 bits per heavy atom. The molecule has 0 spiro atoms. The number of phenols is 2. The minimum atomic E-state index is -1.72. The van der Waals surface area contributed by atoms with Gasteiger partial charge < -0.3 is 39.8 Å². The maximum Gasteiger partial charge on any atom is 0.196 e. The number of hydrogen-bond acceptors (Lipinski definition) is 9. The van der Waals surface area contributed by atoms with Gasteiger partial charge in [-0.15, -0.1) is 0 Å². The van der Waals surface area contributed by atoms with Crippen LogP contribution in [0.5, 0.6) is 11.5 Å². The zero-order valence-electron chi connectivity index (χ0n) is 13.2. The summed E-state index contributed by atoms with van der Waals surface area (Å²) in [6.45, 7) is 0.859. The van der Waals surface area contributed by atoms with Gasteiger partial charge >= 0.3 is 0 Å². The fraction of sp³-hybridized carbons (Fsp3) is 0.438. The van der Waals surface area contributed by atoms with Crippen LogP contribution in [-0.4, -0.2) is 61.7 Å². The highest BCUT2D eigenvalue weighted by Crippen LogP contribution is 2.44. The second-order valence-corrected chi connectivity index (χ2v) is 6.00. The molecule has 6 N–H and O–H groups in total. The Bertz CT molecular complexity index is 857. The van der Waals surface area contributed by atoms with Crippen molar-refractivity contribution < 1.29 is 39.8 Å². The second-order valence-electron chi connectivity index (χ2n) is 6.00. The molecule has 0 aliphatic carbocycles. The van der Waals surface area contributed by atoms with E-state index >= 15 is 0 Å². The summed E-state index contributed by atoms with van der Waals surface area (Å²) in [5, 5.41) is 59.6. The monoisotopic (exact) mass is 354 g/mol. The summed E-state index contributed by atoms with van der Waals surface area (Å²) in [4.78, 5) is 12.2. The molecule has 0 bridgehead atoms. The van der Waals surface area contributed by atoms with Gasteiger partial charge in [0.2, 0.25) is 0 Å². The van der Waals surface area contributed by atoms with Gasteiger partial charge in [0.05, 0.1) is 12.2 Å². The first-order valence-electron chi connectivity index (χ1n) is 7.56. The fourth-order valence-corrected chi connectivity index (χ4v) is 3.05. The average molecular weight is 354 g/mol. The fourth-order valence-electron chi connectivity index (χ4n) is 3.05. The van der Waals surface area contributed by atoms with Crippen LogP contribution in [0.1, 0.15) is 17.4 Å². The molecule has 1 aliphatic heterocycles. The van der Waals surface area contributed by atoms with E-state index < -0.39 is 54.1 Å². The molecule has 1 fully saturated rings. The lowest BCUT2D eigenvalue weighted by Gasteiger charge is -2.40. The molecule has 1 aliphatic rings. The smallest absolute Gasteiger partial charge is 0.196 e. The van der Waals surface area contributed by atoms with Gasteiger partial charge in [0.15, 0.2) is 5.43 Å². The molecule has 2 aromatic rings. The first kappa shape index (κ1) is 17.6. The van der Waals surface area contributed by atoms with Crippen molar-refractivity contribution in [2.75, 3.05) is 6.61 Å². The lowest BCUT2D eigenvalue weighted by molar-refractivity contribution is -0.232. The molecule has 0 amide bonds. The number of phenolic OH excluding ortho intramolecular Hbond substituents is 2. The number of ether oxygens (including phenoxy) is 1. The third-order valence-electron chi connectivity index (χ3n) is 4.31. The molecule has 9 nitrogen and oxygen atoms in total. The van der Waals surface area contributed by atoms with Gasteiger partial charge in [-0.1, -0.05) is 0 Å². The zero-order valence-corrected chi connectivity index (χ0v) is 13.2. The molecule has 0 saturated carbocycles. The molecule has 1 aromatic carbocycles. The van der Waals surface area contributed by atoms with Crippen LogP contribution in [0, 0.1) is 6.92 Å². The summed E-state index contributed by atoms with van der Waals surface area (Å²) in [5.41, 5.74) is -0.976. The quantitative estimate of drug-likeness (QED) is 0.398. The maximum absolute atomic E-state index is 12.2. The van der Waals surface area contributed by atoms with Crippen LogP contribution >= 0.6 is 0 Å². The molecule has 2 heterocycles. The molecule has 1 aromatic heterocycles. The standard InChI is InChI=1S/C16H18O9/c1-5-2-6(18)10-8(24-5)3-7(19)11(13(10)21)16-15(23)14(22)12(20)9(4-17)25-16/h2-3,9,12,14-17,19-23H,4H2,1H3/t9-,12-,14+,15-,16-/m1/s1. The van der Waals surface area contributed by atoms with Crippen LogP contribution in [0.25, 0.3) is 11.0 Å². The van der Waals surface area contributed by atoms with Crippen molar-refractivity contribution in [1.82, 2.24) is 0 Å². The van der Waals surface area contributed by atoms with Crippen LogP contribution in [0.15, 0.2) is 21.3 Å². The maximum atomic E-state index is 12.2. The lowest BCUT2D eigenvalue weighted by Crippen LogP contribution is -2.55. The van der Waals surface area contributed by atoms with E-state index in [0.29, 0.717) is 0 Å². The van der Waals surface area contributed by atoms with Crippen LogP contribution in [0.2, 0.25) is 0 Å². The molecular formula is C16H18O9. The normalized spacial score (nSPS) is 29.9. The molecule has 1 saturated heterocycles. The first-order chi connectivity index (χ1) is 11.8. The van der Waals surface area contributed by atoms with E-state index in [0.717, 1.165) is 12.1 Å². The Morgan fingerprint density at radius 3 is 2.40 bits per heavy atom. The summed E-state index contributed by atoms with van der Waals surface area (Å²) in [6, 6.07) is 2.23. The number of aliphatic hydroxyl groups excluding tert-OH is 4. The Labute approximate surface area is 141 Å². The molecule has 9 heteroatoms. The van der Waals surface area contributed by atoms with Crippen LogP contribution in [0.4, 0.5) is 0 Å². The van der Waals surface area contributed by atoms with Gasteiger partial charge in [-0.2, -0.15) is 0 Å². The largest absolute Gasteiger partial charge is 0.507 e. The third kappa shape index (κ3) is 2.75. The predicted molar refractivity (Wildman–Crippen MR) is 83.3 cm³/mol. The van der Waals surface area contributed by atoms with E-state index in [1.165, 1.54) is 6.92 Å². The average Bonchev–Trinajstić information content (AvgIpc) is 2.53. The second kappa shape index (κ2) is 6.28. The zero-order chi connectivity index (χ0) is 18.5. The number of aliphatic hydroxyl groups is 4. The number of hydrogen-bond donors (Lipinski definition) is 6. The van der Waals surface area contributed by atoms with Gasteiger partial charge in [0, 0.05) is 12.1 Å². The molecule has 136 valence electrons. The summed E-state index contributed by atoms with van der Waals surface area (Å²) < 4.78 is 10.6. The van der Waals surface area contributed by atoms with Gasteiger partial charge in [-0.05, 0) is 6.92 Å². The van der Waals surface area contributed by atoms with Gasteiger partial charge in [0.1, 0.15) is 58.7 Å². The van der Waals surface area contributed by atoms with E-state index in [4.69, 9.17) is 9.15 Å². The molecule has 0 unspecified atom stereocenters. The molecule has 5 atom stereocenters. The number of aromatic hydroxyl groups is 2. The SMILES string of the molecule is Cc1cc(=O)c2c(O)c([C@H]3O[C@H](CO)[C@@H](O)[C@H](O)[C@H]3O)c(O)cc2o1. The third-order valence-corrected chi connectivity index (χ3v) is 4.31. The summed E-state index contributed by atoms with van der Waals surface area (Å²) >= 11 is 0. The minimum Gasteiger partial charge on any atom is -0.507 e. The van der Waals surface area contributed by atoms with Crippen molar-refractivity contribution in [3.63, 3.8) is 0 Å². The Morgan fingerprint density at radius 1 is 1.08 bits per heavy atom. The van der Waals surface area contributed by atoms with E-state index in [1.807, 2.05) is 0 Å². The van der Waals surface area contributed by atoms with Crippen molar-refractivity contribution in [2.24, 2.45) is 0 Å². The van der Waals surface area contributed by atoms with E-state index in [1.54, 1.807) is 0 Å². The van der Waals surface area contributed by atoms with E-state index in [-0.39, 0.29) is 22.3 Å². The van der Waals surface area contributed by atoms with Crippen molar-refractivity contribution in [2.45, 2.75) is 37.4 Å². The van der Waals surface area contributed by atoms with Crippen molar-refractivity contribution >= 4 is 11.0 Å². The molecule has 25 heavy (non-hydrogen) atoms. The van der Waals surface area contributed by atoms with Crippen LogP contribution < -0.4 is 5.43 Å². The molecular weight excluding hydrogens is 336 g/mol. The molecule has 3 rings (SSSR count). The first-order valence-corrected chi connectivity index (χ1v) is 7.56. The topological polar surface area (TPSA) is 161 Å². The number of aryl methyl sites for hydroxylation is 1. The van der Waals surface area contributed by atoms with Crippen LogP contribution in [-0.2, 0) is 4.74 Å². The number of benzene rings is 1. The number of rotatable bonds is 2. The van der Waals surface area contributed by atoms with Crippen molar-refractivity contribution in [1.29, 1.82) is 0 Å². The van der Waals surface area contributed by atoms with E-state index in [9.17, 15) is 35.4 Å². The van der Waals surface area contributed by atoms with E-state index in [2.05, 4.69) is 0 Å². The van der Waals surface area contributed by atoms with Gasteiger partial charge in [-0.25, -0.2) is 0 Å². The highest BCUT2D eigenvalue weighted by Gasteiger charge is 2.46. The summed E-state index contributed by atoms with van der Waals surface area (Å²) in [6.07, 6.45) is -7.72. The predicted octanol–water partition coefficient (Wildman–Crippen LogP) is -0.972. The minimum absolute atomic E-state index is 0.0617. The number of fused-ring (bicyclic) bond motifs is 1. The summed E-state index contributed by atoms with van der Waals surface area (Å²) in [7, 11) is 0. The van der Waals surface area contributed by atoms with Crippen molar-refractivity contribution in [3.05, 3.63) is 33.7 Å². The Balaban J connectivity index is 2.20. The Hall–Kier alpha value is -2.17. The van der Waals surface area contributed by atoms with Crippen molar-refractivity contribution in [3.8, 4) is 11.5 Å². The highest BCUT2D eigenvalue weighted by atomic mass is 16.5. The highest BCUT2D eigenvalue weighted by molar-refractivity contribution is 5.87. The summed E-state index contributed by atoms with van der Waals surface area (Å²) in [5.74, 6) is -0.937. The van der Waals surface area contributed by atoms with Gasteiger partial charge in [0.25, 0.3) is 0 Å². The lowest BCUT2D eigenvalue weighted by atomic mass is 9.89.